The fourth-order valence-electron chi connectivity index (χ4n) is 4.49. The first-order valence-electron chi connectivity index (χ1n) is 15.4. The van der Waals surface area contributed by atoms with Gasteiger partial charge in [-0.2, -0.15) is 0 Å². The van der Waals surface area contributed by atoms with Gasteiger partial charge in [0.25, 0.3) is 5.91 Å². The maximum Gasteiger partial charge on any atom is 0.306 e. The minimum Gasteiger partial charge on any atom is -0.461 e. The summed E-state index contributed by atoms with van der Waals surface area (Å²) in [6.45, 7) is 1.04. The van der Waals surface area contributed by atoms with Crippen LogP contribution in [0.15, 0.2) is 85.2 Å². The van der Waals surface area contributed by atoms with Crippen molar-refractivity contribution in [1.29, 1.82) is 0 Å². The summed E-state index contributed by atoms with van der Waals surface area (Å²) in [5.41, 5.74) is 2.93. The van der Waals surface area contributed by atoms with E-state index in [1.165, 1.54) is 31.9 Å². The number of rotatable bonds is 20. The number of benzene rings is 1. The largest absolute Gasteiger partial charge is 0.461 e. The molecule has 1 aromatic carbocycles. The maximum absolute atomic E-state index is 12.3. The number of ether oxygens (including phenoxy) is 1. The van der Waals surface area contributed by atoms with Crippen LogP contribution in [0, 0.1) is 0 Å². The van der Waals surface area contributed by atoms with Crippen LogP contribution in [0.4, 0.5) is 0 Å². The zero-order chi connectivity index (χ0) is 30.4. The smallest absolute Gasteiger partial charge is 0.306 e. The van der Waals surface area contributed by atoms with Gasteiger partial charge < -0.3 is 15.4 Å². The van der Waals surface area contributed by atoms with Crippen LogP contribution in [0.5, 0.6) is 0 Å². The third-order valence-corrected chi connectivity index (χ3v) is 6.93. The average Bonchev–Trinajstić information content (AvgIpc) is 3.05. The number of unbranched alkanes of at least 4 members (excludes halogenated alkanes) is 9. The summed E-state index contributed by atoms with van der Waals surface area (Å²) in [5.74, 6) is -0.501. The normalized spacial score (nSPS) is 10.9. The molecule has 43 heavy (non-hydrogen) atoms. The lowest BCUT2D eigenvalue weighted by Gasteiger charge is -2.06. The standard InChI is InChI=1S/C35H44N4O4/c40-33(37-25-26-38-35(42)30-22-23-32(39-27-30)31-19-15-16-24-36-31)20-13-8-6-4-2-1-3-5-7-9-14-21-34(41)43-28-29-17-11-10-12-18-29/h10-13,15-20,22-24,27H,1-9,14,21,25-26,28H2,(H,37,40)(H,38,42)/b20-13+. The average molecular weight is 585 g/mol. The van der Waals surface area contributed by atoms with E-state index in [0.29, 0.717) is 37.4 Å². The molecule has 8 heteroatoms. The van der Waals surface area contributed by atoms with Gasteiger partial charge in [0.2, 0.25) is 5.91 Å². The van der Waals surface area contributed by atoms with Crippen molar-refractivity contribution in [2.75, 3.05) is 13.1 Å². The zero-order valence-electron chi connectivity index (χ0n) is 25.0. The number of hydrogen-bond donors (Lipinski definition) is 2. The van der Waals surface area contributed by atoms with Gasteiger partial charge in [0.15, 0.2) is 0 Å². The van der Waals surface area contributed by atoms with Gasteiger partial charge in [-0.15, -0.1) is 0 Å². The number of nitrogens with zero attached hydrogens (tertiary/aromatic N) is 2. The van der Waals surface area contributed by atoms with Gasteiger partial charge in [0.05, 0.1) is 17.0 Å². The highest BCUT2D eigenvalue weighted by Crippen LogP contribution is 2.14. The minimum atomic E-state index is -0.235. The number of carbonyl (C=O) groups excluding carboxylic acids is 3. The molecule has 3 aromatic rings. The first kappa shape index (κ1) is 33.2. The molecule has 0 fully saturated rings. The molecular formula is C35H44N4O4. The van der Waals surface area contributed by atoms with Crippen molar-refractivity contribution in [3.63, 3.8) is 0 Å². The highest BCUT2D eigenvalue weighted by Gasteiger charge is 2.07. The molecule has 0 aliphatic rings. The summed E-state index contributed by atoms with van der Waals surface area (Å²) in [6.07, 6.45) is 18.3. The molecule has 8 nitrogen and oxygen atoms in total. The third-order valence-electron chi connectivity index (χ3n) is 6.93. The van der Waals surface area contributed by atoms with E-state index >= 15 is 0 Å². The topological polar surface area (TPSA) is 110 Å². The molecule has 0 radical (unpaired) electrons. The highest BCUT2D eigenvalue weighted by molar-refractivity contribution is 5.94. The van der Waals surface area contributed by atoms with Crippen LogP contribution in [-0.4, -0.2) is 40.8 Å². The Morgan fingerprint density at radius 3 is 2.07 bits per heavy atom. The predicted molar refractivity (Wildman–Crippen MR) is 169 cm³/mol. The second-order valence-electron chi connectivity index (χ2n) is 10.5. The summed E-state index contributed by atoms with van der Waals surface area (Å²) in [4.78, 5) is 44.7. The number of pyridine rings is 2. The Kier molecular flexibility index (Phi) is 15.8. The molecule has 228 valence electrons. The molecule has 0 atom stereocenters. The van der Waals surface area contributed by atoms with E-state index in [1.807, 2.05) is 54.6 Å². The van der Waals surface area contributed by atoms with Gasteiger partial charge in [-0.25, -0.2) is 0 Å². The number of esters is 1. The molecule has 0 spiro atoms. The Balaban J connectivity index is 1.09. The van der Waals surface area contributed by atoms with E-state index in [0.717, 1.165) is 49.8 Å². The monoisotopic (exact) mass is 584 g/mol. The molecule has 0 saturated heterocycles. The van der Waals surface area contributed by atoms with Crippen molar-refractivity contribution in [2.24, 2.45) is 0 Å². The zero-order valence-corrected chi connectivity index (χ0v) is 25.0. The second-order valence-corrected chi connectivity index (χ2v) is 10.5. The van der Waals surface area contributed by atoms with Crippen LogP contribution in [0.25, 0.3) is 11.4 Å². The third kappa shape index (κ3) is 14.4. The fraction of sp³-hybridized carbons (Fsp3) is 0.400. The summed E-state index contributed by atoms with van der Waals surface area (Å²) in [5, 5.41) is 5.58. The minimum absolute atomic E-state index is 0.114. The molecule has 0 bridgehead atoms. The lowest BCUT2D eigenvalue weighted by molar-refractivity contribution is -0.145. The summed E-state index contributed by atoms with van der Waals surface area (Å²) in [7, 11) is 0. The molecule has 2 aromatic heterocycles. The van der Waals surface area contributed by atoms with Crippen molar-refractivity contribution in [3.8, 4) is 11.4 Å². The lowest BCUT2D eigenvalue weighted by atomic mass is 10.1. The molecular weight excluding hydrogens is 540 g/mol. The van der Waals surface area contributed by atoms with Crippen molar-refractivity contribution in [2.45, 2.75) is 77.2 Å². The van der Waals surface area contributed by atoms with Gasteiger partial charge in [0.1, 0.15) is 6.61 Å². The van der Waals surface area contributed by atoms with Crippen LogP contribution >= 0.6 is 0 Å². The Morgan fingerprint density at radius 1 is 0.698 bits per heavy atom. The van der Waals surface area contributed by atoms with Gasteiger partial charge in [-0.1, -0.05) is 87.4 Å². The highest BCUT2D eigenvalue weighted by atomic mass is 16.5. The van der Waals surface area contributed by atoms with Crippen molar-refractivity contribution < 1.29 is 19.1 Å². The number of hydrogen-bond acceptors (Lipinski definition) is 6. The molecule has 0 aliphatic heterocycles. The first-order valence-corrected chi connectivity index (χ1v) is 15.4. The Bertz CT molecular complexity index is 1250. The van der Waals surface area contributed by atoms with E-state index in [-0.39, 0.29) is 17.8 Å². The number of aromatic nitrogens is 2. The van der Waals surface area contributed by atoms with Gasteiger partial charge >= 0.3 is 5.97 Å². The second kappa shape index (κ2) is 20.5. The lowest BCUT2D eigenvalue weighted by Crippen LogP contribution is -2.34. The van der Waals surface area contributed by atoms with Gasteiger partial charge in [-0.05, 0) is 55.2 Å². The van der Waals surface area contributed by atoms with Crippen LogP contribution in [0.2, 0.25) is 0 Å². The maximum atomic E-state index is 12.3. The van der Waals surface area contributed by atoms with Gasteiger partial charge in [-0.3, -0.25) is 24.4 Å². The number of nitrogens with one attached hydrogen (secondary N) is 2. The van der Waals surface area contributed by atoms with Gasteiger partial charge in [0, 0.05) is 31.9 Å². The summed E-state index contributed by atoms with van der Waals surface area (Å²) in [6, 6.07) is 18.8. The van der Waals surface area contributed by atoms with Crippen LogP contribution in [0.1, 0.15) is 86.6 Å². The predicted octanol–water partition coefficient (Wildman–Crippen LogP) is 6.58. The Morgan fingerprint density at radius 2 is 1.37 bits per heavy atom. The number of carbonyl (C=O) groups is 3. The molecule has 0 unspecified atom stereocenters. The van der Waals surface area contributed by atoms with Crippen LogP contribution in [0.3, 0.4) is 0 Å². The van der Waals surface area contributed by atoms with E-state index in [9.17, 15) is 14.4 Å². The molecule has 0 saturated carbocycles. The SMILES string of the molecule is O=C(/C=C/CCCCCCCCCCCC(=O)OCc1ccccc1)NCCNC(=O)c1ccc(-c2ccccn2)nc1. The summed E-state index contributed by atoms with van der Waals surface area (Å²) < 4.78 is 5.32. The first-order chi connectivity index (χ1) is 21.1. The number of allylic oxidation sites excluding steroid dienone is 1. The number of amides is 2. The van der Waals surface area contributed by atoms with Crippen LogP contribution < -0.4 is 10.6 Å². The van der Waals surface area contributed by atoms with Crippen molar-refractivity contribution in [3.05, 3.63) is 96.3 Å². The molecule has 2 heterocycles. The van der Waals surface area contributed by atoms with E-state index in [4.69, 9.17) is 4.74 Å². The van der Waals surface area contributed by atoms with E-state index in [2.05, 4.69) is 20.6 Å². The summed E-state index contributed by atoms with van der Waals surface area (Å²) >= 11 is 0. The van der Waals surface area contributed by atoms with E-state index < -0.39 is 0 Å². The Hall–Kier alpha value is -4.33. The van der Waals surface area contributed by atoms with Crippen LogP contribution in [-0.2, 0) is 20.9 Å². The molecule has 2 N–H and O–H groups in total. The van der Waals surface area contributed by atoms with E-state index in [1.54, 1.807) is 24.4 Å². The molecule has 3 rings (SSSR count). The Labute approximate surface area is 255 Å². The van der Waals surface area contributed by atoms with Crippen molar-refractivity contribution >= 4 is 17.8 Å². The van der Waals surface area contributed by atoms with Crippen molar-refractivity contribution in [1.82, 2.24) is 20.6 Å². The quantitative estimate of drug-likeness (QED) is 0.0882. The molecule has 2 amide bonds. The fourth-order valence-corrected chi connectivity index (χ4v) is 4.49. The molecule has 0 aliphatic carbocycles.